The summed E-state index contributed by atoms with van der Waals surface area (Å²) >= 11 is 0. The van der Waals surface area contributed by atoms with Crippen LogP contribution < -0.4 is 9.64 Å². The number of carbonyl (C=O) groups excluding carboxylic acids is 1. The van der Waals surface area contributed by atoms with Gasteiger partial charge in [0.15, 0.2) is 5.67 Å². The van der Waals surface area contributed by atoms with Gasteiger partial charge in [0.1, 0.15) is 5.82 Å². The minimum absolute atomic E-state index is 0.210. The van der Waals surface area contributed by atoms with Crippen LogP contribution in [0.1, 0.15) is 30.9 Å². The molecule has 0 aliphatic carbocycles. The Bertz CT molecular complexity index is 1000. The smallest absolute Gasteiger partial charge is 0.416 e. The van der Waals surface area contributed by atoms with Crippen LogP contribution >= 0.6 is 0 Å². The Hall–Kier alpha value is -2.95. The summed E-state index contributed by atoms with van der Waals surface area (Å²) in [5.74, 6) is -1.73. The predicted molar refractivity (Wildman–Crippen MR) is 101 cm³/mol. The third-order valence-corrected chi connectivity index (χ3v) is 5.06. The summed E-state index contributed by atoms with van der Waals surface area (Å²) in [7, 11) is 0. The van der Waals surface area contributed by atoms with Crippen LogP contribution in [0.3, 0.4) is 0 Å². The maximum Gasteiger partial charge on any atom is 0.416 e. The molecule has 0 spiro atoms. The number of halogens is 4. The molecule has 0 N–H and O–H groups in total. The molecule has 0 aromatic carbocycles. The maximum absolute atomic E-state index is 15.6. The molecule has 1 amide bonds. The van der Waals surface area contributed by atoms with Crippen molar-refractivity contribution in [1.82, 2.24) is 14.8 Å². The first-order chi connectivity index (χ1) is 14.7. The van der Waals surface area contributed by atoms with E-state index in [0.717, 1.165) is 11.0 Å². The first-order valence-corrected chi connectivity index (χ1v) is 9.76. The van der Waals surface area contributed by atoms with Crippen molar-refractivity contribution in [3.63, 3.8) is 0 Å². The van der Waals surface area contributed by atoms with Gasteiger partial charge >= 0.3 is 6.18 Å². The van der Waals surface area contributed by atoms with Crippen molar-refractivity contribution in [2.75, 3.05) is 11.5 Å². The molecule has 2 atom stereocenters. The summed E-state index contributed by atoms with van der Waals surface area (Å²) in [5.41, 5.74) is -2.90. The van der Waals surface area contributed by atoms with Gasteiger partial charge in [0, 0.05) is 44.3 Å². The van der Waals surface area contributed by atoms with Gasteiger partial charge in [-0.2, -0.15) is 23.3 Å². The second kappa shape index (κ2) is 7.95. The normalized spacial score (nSPS) is 23.7. The number of alkyl halides is 4. The number of aromatic nitrogens is 3. The quantitative estimate of drug-likeness (QED) is 0.642. The summed E-state index contributed by atoms with van der Waals surface area (Å²) in [6, 6.07) is 1.42. The minimum atomic E-state index is -4.71. The zero-order valence-corrected chi connectivity index (χ0v) is 16.6. The zero-order valence-electron chi connectivity index (χ0n) is 16.6. The number of allylic oxidation sites excluding steroid dienone is 1. The molecule has 0 bridgehead atoms. The van der Waals surface area contributed by atoms with E-state index in [0.29, 0.717) is 31.2 Å². The molecule has 4 rings (SSSR count). The number of nitrogens with zero attached hydrogens (tertiary/aromatic N) is 4. The van der Waals surface area contributed by atoms with Crippen LogP contribution in [-0.4, -0.2) is 39.2 Å². The Labute approximate surface area is 175 Å². The van der Waals surface area contributed by atoms with Crippen LogP contribution in [0.25, 0.3) is 0 Å². The number of rotatable bonds is 6. The van der Waals surface area contributed by atoms with Crippen molar-refractivity contribution >= 4 is 11.7 Å². The van der Waals surface area contributed by atoms with E-state index in [4.69, 9.17) is 9.47 Å². The third kappa shape index (κ3) is 4.41. The maximum atomic E-state index is 15.6. The van der Waals surface area contributed by atoms with Crippen molar-refractivity contribution in [3.8, 4) is 5.88 Å². The molecule has 2 aromatic heterocycles. The highest BCUT2D eigenvalue weighted by Crippen LogP contribution is 2.37. The molecule has 11 heteroatoms. The van der Waals surface area contributed by atoms with Gasteiger partial charge in [-0.3, -0.25) is 14.4 Å². The van der Waals surface area contributed by atoms with Crippen LogP contribution in [0.4, 0.5) is 23.4 Å². The van der Waals surface area contributed by atoms with Crippen LogP contribution in [-0.2, 0) is 28.7 Å². The molecule has 31 heavy (non-hydrogen) atoms. The molecular weight excluding hydrogens is 420 g/mol. The monoisotopic (exact) mass is 440 g/mol. The highest BCUT2D eigenvalue weighted by Gasteiger charge is 2.44. The number of carbonyl (C=O) groups is 1. The molecule has 2 aliphatic rings. The molecule has 1 saturated heterocycles. The van der Waals surface area contributed by atoms with E-state index in [-0.39, 0.29) is 24.5 Å². The first kappa shape index (κ1) is 21.3. The second-order valence-electron chi connectivity index (χ2n) is 7.37. The standard InChI is InChI=1S/C20H20F4N4O3/c1-2-27-12-13(11-25-27)10-19(21)5-3-6-28(18(19)29)15-8-14(20(22,23)24)9-16(26-15)31-17-4-7-30-17/h3,6,8-9,11-12,17H,2,4-5,7,10H2,1H3. The number of hydrogen-bond acceptors (Lipinski definition) is 5. The highest BCUT2D eigenvalue weighted by molar-refractivity contribution is 6.01. The van der Waals surface area contributed by atoms with Crippen molar-refractivity contribution in [3.05, 3.63) is 47.9 Å². The molecule has 2 aromatic rings. The molecule has 4 heterocycles. The molecule has 2 unspecified atom stereocenters. The molecule has 1 fully saturated rings. The number of aryl methyl sites for hydroxylation is 1. The van der Waals surface area contributed by atoms with Gasteiger partial charge in [0.2, 0.25) is 12.2 Å². The minimum Gasteiger partial charge on any atom is -0.448 e. The predicted octanol–water partition coefficient (Wildman–Crippen LogP) is 3.64. The SMILES string of the molecule is CCn1cc(CC2(F)CC=CN(c3cc(C(F)(F)F)cc(OC4CCO4)n3)C2=O)cn1. The summed E-state index contributed by atoms with van der Waals surface area (Å²) in [4.78, 5) is 17.8. The number of pyridine rings is 1. The van der Waals surface area contributed by atoms with E-state index >= 15 is 4.39 Å². The van der Waals surface area contributed by atoms with Crippen LogP contribution in [0.5, 0.6) is 5.88 Å². The van der Waals surface area contributed by atoms with Crippen molar-refractivity contribution in [1.29, 1.82) is 0 Å². The Balaban J connectivity index is 1.64. The zero-order chi connectivity index (χ0) is 22.2. The second-order valence-corrected chi connectivity index (χ2v) is 7.37. The van der Waals surface area contributed by atoms with E-state index in [1.807, 2.05) is 6.92 Å². The molecule has 0 saturated carbocycles. The Kier molecular flexibility index (Phi) is 5.46. The third-order valence-electron chi connectivity index (χ3n) is 5.06. The summed E-state index contributed by atoms with van der Waals surface area (Å²) in [6.07, 6.45) is 0.341. The van der Waals surface area contributed by atoms with E-state index in [2.05, 4.69) is 10.1 Å². The van der Waals surface area contributed by atoms with Gasteiger partial charge in [0.25, 0.3) is 5.91 Å². The Morgan fingerprint density at radius 3 is 2.74 bits per heavy atom. The molecule has 166 valence electrons. The van der Waals surface area contributed by atoms with Gasteiger partial charge in [0.05, 0.1) is 18.4 Å². The lowest BCUT2D eigenvalue weighted by Crippen LogP contribution is -2.48. The lowest BCUT2D eigenvalue weighted by molar-refractivity contribution is -0.167. The molecule has 0 radical (unpaired) electrons. The van der Waals surface area contributed by atoms with Crippen LogP contribution in [0, 0.1) is 0 Å². The number of anilines is 1. The Morgan fingerprint density at radius 1 is 1.35 bits per heavy atom. The summed E-state index contributed by atoms with van der Waals surface area (Å²) < 4.78 is 67.8. The van der Waals surface area contributed by atoms with E-state index < -0.39 is 29.6 Å². The molecule has 7 nitrogen and oxygen atoms in total. The fourth-order valence-corrected chi connectivity index (χ4v) is 3.32. The van der Waals surface area contributed by atoms with Gasteiger partial charge < -0.3 is 9.47 Å². The fraction of sp³-hybridized carbons (Fsp3) is 0.450. The number of amides is 1. The van der Waals surface area contributed by atoms with Crippen molar-refractivity contribution < 1.29 is 31.8 Å². The van der Waals surface area contributed by atoms with E-state index in [9.17, 15) is 18.0 Å². The summed E-state index contributed by atoms with van der Waals surface area (Å²) in [5, 5.41) is 4.07. The van der Waals surface area contributed by atoms with E-state index in [1.54, 1.807) is 10.9 Å². The topological polar surface area (TPSA) is 69.5 Å². The lowest BCUT2D eigenvalue weighted by atomic mass is 9.91. The van der Waals surface area contributed by atoms with Crippen molar-refractivity contribution in [2.45, 2.75) is 50.9 Å². The van der Waals surface area contributed by atoms with Gasteiger partial charge in [-0.1, -0.05) is 6.08 Å². The van der Waals surface area contributed by atoms with E-state index in [1.165, 1.54) is 18.5 Å². The summed E-state index contributed by atoms with van der Waals surface area (Å²) in [6.45, 7) is 2.88. The fourth-order valence-electron chi connectivity index (χ4n) is 3.32. The number of hydrogen-bond donors (Lipinski definition) is 0. The average molecular weight is 440 g/mol. The van der Waals surface area contributed by atoms with Crippen LogP contribution in [0.15, 0.2) is 36.8 Å². The number of ether oxygens (including phenoxy) is 2. The molecular formula is C20H20F4N4O3. The lowest BCUT2D eigenvalue weighted by Gasteiger charge is -2.32. The Morgan fingerprint density at radius 2 is 2.13 bits per heavy atom. The van der Waals surface area contributed by atoms with Gasteiger partial charge in [-0.25, -0.2) is 4.39 Å². The molecule has 2 aliphatic heterocycles. The largest absolute Gasteiger partial charge is 0.448 e. The first-order valence-electron chi connectivity index (χ1n) is 9.76. The van der Waals surface area contributed by atoms with Crippen LogP contribution in [0.2, 0.25) is 0 Å². The van der Waals surface area contributed by atoms with Crippen molar-refractivity contribution in [2.24, 2.45) is 0 Å². The average Bonchev–Trinajstić information content (AvgIpc) is 3.13. The highest BCUT2D eigenvalue weighted by atomic mass is 19.4. The van der Waals surface area contributed by atoms with Gasteiger partial charge in [-0.15, -0.1) is 0 Å². The van der Waals surface area contributed by atoms with Gasteiger partial charge in [-0.05, 0) is 18.6 Å².